The van der Waals surface area contributed by atoms with E-state index in [1.807, 2.05) is 32.2 Å². The summed E-state index contributed by atoms with van der Waals surface area (Å²) in [5, 5.41) is 5.70. The molecule has 1 aliphatic carbocycles. The van der Waals surface area contributed by atoms with Crippen molar-refractivity contribution in [3.05, 3.63) is 35.4 Å². The lowest BCUT2D eigenvalue weighted by Crippen LogP contribution is -2.54. The van der Waals surface area contributed by atoms with Gasteiger partial charge in [0.2, 0.25) is 11.8 Å². The molecule has 0 heterocycles. The average molecular weight is 488 g/mol. The minimum atomic E-state index is -0.896. The number of rotatable bonds is 10. The van der Waals surface area contributed by atoms with Gasteiger partial charge in [0, 0.05) is 17.6 Å². The molecule has 2 unspecified atom stereocenters. The van der Waals surface area contributed by atoms with Gasteiger partial charge in [0.25, 0.3) is 0 Å². The number of benzene rings is 1. The number of alkyl carbamates (subject to hydrolysis) is 1. The van der Waals surface area contributed by atoms with Gasteiger partial charge in [-0.05, 0) is 77.5 Å². The van der Waals surface area contributed by atoms with Crippen molar-refractivity contribution < 1.29 is 19.1 Å². The summed E-state index contributed by atoms with van der Waals surface area (Å²) in [6, 6.07) is 5.25. The van der Waals surface area contributed by atoms with Gasteiger partial charge < -0.3 is 20.3 Å². The largest absolute Gasteiger partial charge is 0.444 e. The molecule has 1 aromatic carbocycles. The normalized spacial score (nSPS) is 15.1. The number of nitrogens with zero attached hydrogens (tertiary/aromatic N) is 1. The van der Waals surface area contributed by atoms with Crippen LogP contribution in [-0.2, 0) is 14.3 Å². The highest BCUT2D eigenvalue weighted by molar-refractivity contribution is 7.98. The number of amides is 3. The van der Waals surface area contributed by atoms with Crippen LogP contribution < -0.4 is 10.6 Å². The standard InChI is InChI=1S/C26H37N3O4S/c1-8-18-11-9-10-12-20(18)22(23(30)27-17(2)3)29(19-13-14-19)24(31)21(15-16-34-7)28-25(32)33-26(4,5)6/h1,9-12,17,19,21-22H,13-16H2,2-7H3,(H,27,30)(H,28,32). The molecule has 0 saturated heterocycles. The minimum absolute atomic E-state index is 0.0986. The lowest BCUT2D eigenvalue weighted by Gasteiger charge is -2.35. The first kappa shape index (κ1) is 27.6. The number of carbonyl (C=O) groups is 3. The number of ether oxygens (including phenoxy) is 1. The molecule has 1 fully saturated rings. The Balaban J connectivity index is 2.47. The van der Waals surface area contributed by atoms with Gasteiger partial charge in [0.1, 0.15) is 17.7 Å². The molecule has 2 N–H and O–H groups in total. The van der Waals surface area contributed by atoms with Crippen LogP contribution >= 0.6 is 11.8 Å². The maximum absolute atomic E-state index is 14.0. The van der Waals surface area contributed by atoms with Gasteiger partial charge in [-0.3, -0.25) is 9.59 Å². The van der Waals surface area contributed by atoms with Gasteiger partial charge in [-0.2, -0.15) is 11.8 Å². The Labute approximate surface area is 207 Å². The third-order valence-electron chi connectivity index (χ3n) is 5.16. The molecule has 7 nitrogen and oxygen atoms in total. The molecule has 0 bridgehead atoms. The van der Waals surface area contributed by atoms with E-state index in [0.29, 0.717) is 23.3 Å². The molecule has 2 rings (SSSR count). The topological polar surface area (TPSA) is 87.7 Å². The predicted octanol–water partition coefficient (Wildman–Crippen LogP) is 3.87. The second-order valence-electron chi connectivity index (χ2n) is 9.75. The Morgan fingerprint density at radius 1 is 1.21 bits per heavy atom. The fraction of sp³-hybridized carbons (Fsp3) is 0.577. The molecule has 3 amide bonds. The highest BCUT2D eigenvalue weighted by atomic mass is 32.2. The zero-order chi connectivity index (χ0) is 25.5. The van der Waals surface area contributed by atoms with Crippen molar-refractivity contribution in [3.8, 4) is 12.3 Å². The Kier molecular flexibility index (Phi) is 9.87. The lowest BCUT2D eigenvalue weighted by molar-refractivity contribution is -0.143. The average Bonchev–Trinajstić information content (AvgIpc) is 3.57. The Morgan fingerprint density at radius 3 is 2.38 bits per heavy atom. The van der Waals surface area contributed by atoms with Crippen LogP contribution in [0.2, 0.25) is 0 Å². The summed E-state index contributed by atoms with van der Waals surface area (Å²) >= 11 is 1.58. The van der Waals surface area contributed by atoms with E-state index in [0.717, 1.165) is 12.8 Å². The first-order valence-corrected chi connectivity index (χ1v) is 13.0. The first-order valence-electron chi connectivity index (χ1n) is 11.6. The van der Waals surface area contributed by atoms with Gasteiger partial charge in [0.15, 0.2) is 0 Å². The van der Waals surface area contributed by atoms with E-state index in [2.05, 4.69) is 16.6 Å². The van der Waals surface area contributed by atoms with Crippen LogP contribution in [0.25, 0.3) is 0 Å². The number of hydrogen-bond donors (Lipinski definition) is 2. The summed E-state index contributed by atoms with van der Waals surface area (Å²) < 4.78 is 5.40. The number of hydrogen-bond acceptors (Lipinski definition) is 5. The zero-order valence-electron chi connectivity index (χ0n) is 21.0. The Morgan fingerprint density at radius 2 is 1.85 bits per heavy atom. The van der Waals surface area contributed by atoms with Crippen molar-refractivity contribution in [2.45, 2.75) is 83.6 Å². The van der Waals surface area contributed by atoms with Crippen molar-refractivity contribution in [2.75, 3.05) is 12.0 Å². The van der Waals surface area contributed by atoms with Gasteiger partial charge in [0.05, 0.1) is 0 Å². The summed E-state index contributed by atoms with van der Waals surface area (Å²) in [6.45, 7) is 9.05. The SMILES string of the molecule is C#Cc1ccccc1C(C(=O)NC(C)C)N(C(=O)C(CCSC)NC(=O)OC(C)(C)C)C1CC1. The highest BCUT2D eigenvalue weighted by Crippen LogP contribution is 2.37. The van der Waals surface area contributed by atoms with Crippen molar-refractivity contribution >= 4 is 29.7 Å². The van der Waals surface area contributed by atoms with E-state index in [4.69, 9.17) is 11.2 Å². The smallest absolute Gasteiger partial charge is 0.408 e. The van der Waals surface area contributed by atoms with Crippen LogP contribution in [-0.4, -0.2) is 58.5 Å². The predicted molar refractivity (Wildman–Crippen MR) is 136 cm³/mol. The van der Waals surface area contributed by atoms with Crippen molar-refractivity contribution in [3.63, 3.8) is 0 Å². The summed E-state index contributed by atoms with van der Waals surface area (Å²) in [7, 11) is 0. The third kappa shape index (κ3) is 7.98. The zero-order valence-corrected chi connectivity index (χ0v) is 21.8. The van der Waals surface area contributed by atoms with Crippen LogP contribution in [0, 0.1) is 12.3 Å². The summed E-state index contributed by atoms with van der Waals surface area (Å²) in [4.78, 5) is 41.6. The van der Waals surface area contributed by atoms with Gasteiger partial charge in [-0.15, -0.1) is 6.42 Å². The molecule has 1 aliphatic rings. The quantitative estimate of drug-likeness (QED) is 0.489. The van der Waals surface area contributed by atoms with E-state index >= 15 is 0 Å². The number of nitrogens with one attached hydrogen (secondary N) is 2. The number of terminal acetylenes is 1. The van der Waals surface area contributed by atoms with E-state index in [1.165, 1.54) is 0 Å². The molecule has 0 aliphatic heterocycles. The summed E-state index contributed by atoms with van der Waals surface area (Å²) in [5.74, 6) is 2.71. The van der Waals surface area contributed by atoms with E-state index in [9.17, 15) is 14.4 Å². The molecule has 1 aromatic rings. The molecule has 0 spiro atoms. The Hall–Kier alpha value is -2.66. The first-order chi connectivity index (χ1) is 16.0. The van der Waals surface area contributed by atoms with Gasteiger partial charge in [-0.25, -0.2) is 4.79 Å². The van der Waals surface area contributed by atoms with Crippen molar-refractivity contribution in [2.24, 2.45) is 0 Å². The van der Waals surface area contributed by atoms with Crippen LogP contribution in [0.15, 0.2) is 24.3 Å². The highest BCUT2D eigenvalue weighted by Gasteiger charge is 2.44. The molecule has 2 atom stereocenters. The molecule has 8 heteroatoms. The fourth-order valence-electron chi connectivity index (χ4n) is 3.64. The van der Waals surface area contributed by atoms with Crippen molar-refractivity contribution in [1.29, 1.82) is 0 Å². The fourth-order valence-corrected chi connectivity index (χ4v) is 4.11. The number of carbonyl (C=O) groups excluding carboxylic acids is 3. The molecule has 186 valence electrons. The van der Waals surface area contributed by atoms with Gasteiger partial charge >= 0.3 is 6.09 Å². The maximum Gasteiger partial charge on any atom is 0.408 e. The molecule has 1 saturated carbocycles. The monoisotopic (exact) mass is 487 g/mol. The van der Waals surface area contributed by atoms with Crippen LogP contribution in [0.3, 0.4) is 0 Å². The maximum atomic E-state index is 14.0. The lowest BCUT2D eigenvalue weighted by atomic mass is 9.97. The number of thioether (sulfide) groups is 1. The second-order valence-corrected chi connectivity index (χ2v) is 10.7. The van der Waals surface area contributed by atoms with Crippen LogP contribution in [0.4, 0.5) is 4.79 Å². The molecule has 0 radical (unpaired) electrons. The molecular weight excluding hydrogens is 450 g/mol. The molecule has 34 heavy (non-hydrogen) atoms. The van der Waals surface area contributed by atoms with E-state index < -0.39 is 23.8 Å². The minimum Gasteiger partial charge on any atom is -0.444 e. The van der Waals surface area contributed by atoms with Crippen LogP contribution in [0.1, 0.15) is 71.0 Å². The second kappa shape index (κ2) is 12.2. The van der Waals surface area contributed by atoms with Gasteiger partial charge in [-0.1, -0.05) is 24.1 Å². The molecule has 0 aromatic heterocycles. The van der Waals surface area contributed by atoms with E-state index in [-0.39, 0.29) is 23.9 Å². The molecular formula is C26H37N3O4S. The van der Waals surface area contributed by atoms with Crippen LogP contribution in [0.5, 0.6) is 0 Å². The Bertz CT molecular complexity index is 915. The summed E-state index contributed by atoms with van der Waals surface area (Å²) in [6.07, 6.45) is 9.02. The third-order valence-corrected chi connectivity index (χ3v) is 5.81. The summed E-state index contributed by atoms with van der Waals surface area (Å²) in [5.41, 5.74) is 0.466. The van der Waals surface area contributed by atoms with E-state index in [1.54, 1.807) is 49.6 Å². The van der Waals surface area contributed by atoms with Crippen molar-refractivity contribution in [1.82, 2.24) is 15.5 Å².